The molecule has 0 N–H and O–H groups in total. The third-order valence-electron chi connectivity index (χ3n) is 3.45. The van der Waals surface area contributed by atoms with E-state index in [0.717, 1.165) is 16.9 Å². The van der Waals surface area contributed by atoms with Gasteiger partial charge in [-0.3, -0.25) is 0 Å². The zero-order valence-electron chi connectivity index (χ0n) is 12.1. The van der Waals surface area contributed by atoms with Crippen LogP contribution in [-0.2, 0) is 10.6 Å². The number of hydrogen-bond acceptors (Lipinski definition) is 2. The molecule has 0 aliphatic heterocycles. The van der Waals surface area contributed by atoms with Crippen molar-refractivity contribution in [3.05, 3.63) is 29.0 Å². The Hall–Kier alpha value is -0.770. The van der Waals surface area contributed by atoms with Gasteiger partial charge in [0.05, 0.1) is 34.6 Å². The number of para-hydroxylation sites is 1. The van der Waals surface area contributed by atoms with Gasteiger partial charge in [-0.05, 0) is 25.0 Å². The fourth-order valence-corrected chi connectivity index (χ4v) is 2.86. The molecular weight excluding hydrogens is 295 g/mol. The van der Waals surface area contributed by atoms with Crippen LogP contribution >= 0.6 is 23.2 Å². The minimum Gasteiger partial charge on any atom is -0.380 e. The Bertz CT molecular complexity index is 581. The van der Waals surface area contributed by atoms with E-state index in [9.17, 15) is 0 Å². The summed E-state index contributed by atoms with van der Waals surface area (Å²) in [7, 11) is 0. The van der Waals surface area contributed by atoms with Crippen LogP contribution in [0.2, 0.25) is 5.02 Å². The normalized spacial score (nSPS) is 13.3. The maximum Gasteiger partial charge on any atom is 0.125 e. The van der Waals surface area contributed by atoms with Gasteiger partial charge in [0, 0.05) is 6.61 Å². The number of rotatable bonds is 6. The van der Waals surface area contributed by atoms with E-state index in [1.165, 1.54) is 0 Å². The molecule has 0 aliphatic rings. The summed E-state index contributed by atoms with van der Waals surface area (Å²) >= 11 is 12.4. The summed E-state index contributed by atoms with van der Waals surface area (Å²) < 4.78 is 7.78. The molecule has 1 atom stereocenters. The first kappa shape index (κ1) is 15.6. The minimum atomic E-state index is 0.175. The molecular formula is C15H20Cl2N2O. The number of ether oxygens (including phenoxy) is 1. The SMILES string of the molecule is CCOCC(C(C)C)n1c(CCl)nc2cccc(Cl)c21. The summed E-state index contributed by atoms with van der Waals surface area (Å²) in [5.74, 6) is 1.60. The molecule has 0 fully saturated rings. The molecule has 1 unspecified atom stereocenters. The Kier molecular flexibility index (Phi) is 5.30. The van der Waals surface area contributed by atoms with E-state index in [-0.39, 0.29) is 6.04 Å². The molecule has 1 heterocycles. The number of alkyl halides is 1. The number of fused-ring (bicyclic) bond motifs is 1. The molecule has 0 radical (unpaired) electrons. The highest BCUT2D eigenvalue weighted by molar-refractivity contribution is 6.35. The van der Waals surface area contributed by atoms with Gasteiger partial charge in [0.1, 0.15) is 5.82 Å². The number of benzene rings is 1. The largest absolute Gasteiger partial charge is 0.380 e. The smallest absolute Gasteiger partial charge is 0.125 e. The Morgan fingerprint density at radius 2 is 2.10 bits per heavy atom. The number of aromatic nitrogens is 2. The van der Waals surface area contributed by atoms with Gasteiger partial charge < -0.3 is 9.30 Å². The molecule has 2 aromatic rings. The molecule has 5 heteroatoms. The highest BCUT2D eigenvalue weighted by Gasteiger charge is 2.23. The molecule has 2 rings (SSSR count). The Labute approximate surface area is 129 Å². The van der Waals surface area contributed by atoms with Crippen LogP contribution in [-0.4, -0.2) is 22.8 Å². The zero-order valence-corrected chi connectivity index (χ0v) is 13.6. The topological polar surface area (TPSA) is 27.1 Å². The fourth-order valence-electron chi connectivity index (χ4n) is 2.41. The first-order valence-corrected chi connectivity index (χ1v) is 7.80. The lowest BCUT2D eigenvalue weighted by molar-refractivity contribution is 0.0971. The summed E-state index contributed by atoms with van der Waals surface area (Å²) in [6.45, 7) is 7.67. The quantitative estimate of drug-likeness (QED) is 0.725. The van der Waals surface area contributed by atoms with E-state index in [2.05, 4.69) is 23.4 Å². The molecule has 0 aliphatic carbocycles. The Morgan fingerprint density at radius 1 is 1.35 bits per heavy atom. The van der Waals surface area contributed by atoms with E-state index in [0.29, 0.717) is 30.0 Å². The predicted octanol–water partition coefficient (Wildman–Crippen LogP) is 4.66. The summed E-state index contributed by atoms with van der Waals surface area (Å²) in [6, 6.07) is 5.94. The van der Waals surface area contributed by atoms with Crippen molar-refractivity contribution in [1.29, 1.82) is 0 Å². The first-order valence-electron chi connectivity index (χ1n) is 6.89. The number of hydrogen-bond donors (Lipinski definition) is 0. The van der Waals surface area contributed by atoms with Crippen LogP contribution in [0.4, 0.5) is 0 Å². The second kappa shape index (κ2) is 6.79. The molecule has 20 heavy (non-hydrogen) atoms. The third-order valence-corrected chi connectivity index (χ3v) is 3.99. The van der Waals surface area contributed by atoms with Gasteiger partial charge in [0.2, 0.25) is 0 Å². The van der Waals surface area contributed by atoms with Crippen molar-refractivity contribution in [3.63, 3.8) is 0 Å². The summed E-state index contributed by atoms with van der Waals surface area (Å²) in [6.07, 6.45) is 0. The fraction of sp³-hybridized carbons (Fsp3) is 0.533. The number of imidazole rings is 1. The highest BCUT2D eigenvalue weighted by atomic mass is 35.5. The van der Waals surface area contributed by atoms with Crippen LogP contribution < -0.4 is 0 Å². The van der Waals surface area contributed by atoms with Crippen molar-refractivity contribution >= 4 is 34.2 Å². The second-order valence-electron chi connectivity index (χ2n) is 5.11. The van der Waals surface area contributed by atoms with Gasteiger partial charge in [-0.25, -0.2) is 4.98 Å². The maximum absolute atomic E-state index is 6.37. The lowest BCUT2D eigenvalue weighted by Crippen LogP contribution is -2.22. The van der Waals surface area contributed by atoms with Crippen molar-refractivity contribution in [2.75, 3.05) is 13.2 Å². The van der Waals surface area contributed by atoms with Crippen molar-refractivity contribution < 1.29 is 4.74 Å². The molecule has 1 aromatic carbocycles. The third kappa shape index (κ3) is 2.95. The minimum absolute atomic E-state index is 0.175. The molecule has 0 spiro atoms. The van der Waals surface area contributed by atoms with Crippen LogP contribution in [0.1, 0.15) is 32.6 Å². The van der Waals surface area contributed by atoms with Gasteiger partial charge in [0.25, 0.3) is 0 Å². The molecule has 0 amide bonds. The van der Waals surface area contributed by atoms with Crippen molar-refractivity contribution in [2.24, 2.45) is 5.92 Å². The van der Waals surface area contributed by atoms with Crippen LogP contribution in [0.3, 0.4) is 0 Å². The van der Waals surface area contributed by atoms with E-state index < -0.39 is 0 Å². The molecule has 0 bridgehead atoms. The van der Waals surface area contributed by atoms with Gasteiger partial charge in [-0.2, -0.15) is 0 Å². The second-order valence-corrected chi connectivity index (χ2v) is 5.78. The van der Waals surface area contributed by atoms with E-state index >= 15 is 0 Å². The van der Waals surface area contributed by atoms with Gasteiger partial charge >= 0.3 is 0 Å². The van der Waals surface area contributed by atoms with E-state index in [4.69, 9.17) is 27.9 Å². The highest BCUT2D eigenvalue weighted by Crippen LogP contribution is 2.31. The predicted molar refractivity (Wildman–Crippen MR) is 84.7 cm³/mol. The van der Waals surface area contributed by atoms with E-state index in [1.807, 2.05) is 25.1 Å². The molecule has 1 aromatic heterocycles. The molecule has 3 nitrogen and oxygen atoms in total. The van der Waals surface area contributed by atoms with Crippen LogP contribution in [0.5, 0.6) is 0 Å². The first-order chi connectivity index (χ1) is 9.60. The van der Waals surface area contributed by atoms with Gasteiger partial charge in [-0.1, -0.05) is 31.5 Å². The monoisotopic (exact) mass is 314 g/mol. The molecule has 110 valence electrons. The number of nitrogens with zero attached hydrogens (tertiary/aromatic N) is 2. The van der Waals surface area contributed by atoms with Crippen molar-refractivity contribution in [1.82, 2.24) is 9.55 Å². The van der Waals surface area contributed by atoms with Gasteiger partial charge in [-0.15, -0.1) is 11.6 Å². The summed E-state index contributed by atoms with van der Waals surface area (Å²) in [5.41, 5.74) is 1.83. The average molecular weight is 315 g/mol. The van der Waals surface area contributed by atoms with Gasteiger partial charge in [0.15, 0.2) is 0 Å². The summed E-state index contributed by atoms with van der Waals surface area (Å²) in [5, 5.41) is 0.702. The van der Waals surface area contributed by atoms with Crippen molar-refractivity contribution in [2.45, 2.75) is 32.7 Å². The maximum atomic E-state index is 6.37. The standard InChI is InChI=1S/C15H20Cl2N2O/c1-4-20-9-13(10(2)3)19-14(8-16)18-12-7-5-6-11(17)15(12)19/h5-7,10,13H,4,8-9H2,1-3H3. The molecule has 0 saturated heterocycles. The van der Waals surface area contributed by atoms with Crippen LogP contribution in [0, 0.1) is 5.92 Å². The number of halogens is 2. The van der Waals surface area contributed by atoms with Crippen LogP contribution in [0.25, 0.3) is 11.0 Å². The molecule has 0 saturated carbocycles. The lowest BCUT2D eigenvalue weighted by atomic mass is 10.0. The summed E-state index contributed by atoms with van der Waals surface area (Å²) in [4.78, 5) is 4.59. The average Bonchev–Trinajstić information content (AvgIpc) is 2.79. The van der Waals surface area contributed by atoms with Crippen LogP contribution in [0.15, 0.2) is 18.2 Å². The van der Waals surface area contributed by atoms with E-state index in [1.54, 1.807) is 0 Å². The Morgan fingerprint density at radius 3 is 2.70 bits per heavy atom. The zero-order chi connectivity index (χ0) is 14.7. The Balaban J connectivity index is 2.59. The van der Waals surface area contributed by atoms with Crippen molar-refractivity contribution in [3.8, 4) is 0 Å². The lowest BCUT2D eigenvalue weighted by Gasteiger charge is -2.25.